The molecule has 7 nitrogen and oxygen atoms in total. The van der Waals surface area contributed by atoms with Crippen LogP contribution in [0.15, 0.2) is 47.8 Å². The maximum Gasteiger partial charge on any atom is 0.225 e. The van der Waals surface area contributed by atoms with Gasteiger partial charge in [-0.1, -0.05) is 12.1 Å². The Hall–Kier alpha value is -2.36. The molecule has 3 heterocycles. The van der Waals surface area contributed by atoms with E-state index in [-0.39, 0.29) is 24.0 Å². The molecule has 0 atom stereocenters. The number of aliphatic imine (C=N–C) groups is 1. The van der Waals surface area contributed by atoms with Gasteiger partial charge in [0.05, 0.1) is 0 Å². The van der Waals surface area contributed by atoms with Gasteiger partial charge in [0.25, 0.3) is 0 Å². The molecule has 154 valence electrons. The van der Waals surface area contributed by atoms with Crippen LogP contribution in [0, 0.1) is 6.92 Å². The summed E-state index contributed by atoms with van der Waals surface area (Å²) in [5, 5.41) is 4.87. The van der Waals surface area contributed by atoms with Crippen LogP contribution in [0.5, 0.6) is 0 Å². The molecule has 4 rings (SSSR count). The van der Waals surface area contributed by atoms with Gasteiger partial charge in [-0.05, 0) is 36.6 Å². The van der Waals surface area contributed by atoms with Crippen molar-refractivity contribution in [3.8, 4) is 0 Å². The van der Waals surface area contributed by atoms with E-state index < -0.39 is 0 Å². The summed E-state index contributed by atoms with van der Waals surface area (Å²) < 4.78 is 0. The summed E-state index contributed by atoms with van der Waals surface area (Å²) in [5.74, 6) is 1.77. The summed E-state index contributed by atoms with van der Waals surface area (Å²) in [6, 6.07) is 8.25. The van der Waals surface area contributed by atoms with Crippen LogP contribution in [-0.2, 0) is 6.42 Å². The molecule has 0 radical (unpaired) electrons. The van der Waals surface area contributed by atoms with E-state index in [2.05, 4.69) is 66.4 Å². The molecule has 2 N–H and O–H groups in total. The summed E-state index contributed by atoms with van der Waals surface area (Å²) in [5.41, 5.74) is 3.87. The van der Waals surface area contributed by atoms with Crippen LogP contribution >= 0.6 is 24.0 Å². The van der Waals surface area contributed by atoms with Gasteiger partial charge < -0.3 is 20.1 Å². The van der Waals surface area contributed by atoms with Gasteiger partial charge in [0.1, 0.15) is 0 Å². The van der Waals surface area contributed by atoms with Gasteiger partial charge in [0.15, 0.2) is 5.96 Å². The van der Waals surface area contributed by atoms with Gasteiger partial charge in [0.2, 0.25) is 5.95 Å². The summed E-state index contributed by atoms with van der Waals surface area (Å²) in [4.78, 5) is 21.1. The number of hydrogen-bond donors (Lipinski definition) is 2. The van der Waals surface area contributed by atoms with Crippen LogP contribution in [0.25, 0.3) is 10.9 Å². The Labute approximate surface area is 188 Å². The number of anilines is 1. The lowest BCUT2D eigenvalue weighted by atomic mass is 10.1. The Morgan fingerprint density at radius 2 is 1.90 bits per heavy atom. The third kappa shape index (κ3) is 4.80. The van der Waals surface area contributed by atoms with Crippen molar-refractivity contribution in [2.75, 3.05) is 44.7 Å². The average molecular weight is 505 g/mol. The van der Waals surface area contributed by atoms with Gasteiger partial charge >= 0.3 is 0 Å². The molecule has 0 aliphatic carbocycles. The molecule has 0 spiro atoms. The number of hydrogen-bond acceptors (Lipinski definition) is 4. The van der Waals surface area contributed by atoms with E-state index in [0.29, 0.717) is 0 Å². The first-order chi connectivity index (χ1) is 13.8. The minimum atomic E-state index is 0. The van der Waals surface area contributed by atoms with Gasteiger partial charge in [-0.15, -0.1) is 24.0 Å². The number of halogens is 1. The molecule has 3 aromatic rings. The first kappa shape index (κ1) is 21.4. The summed E-state index contributed by atoms with van der Waals surface area (Å²) in [7, 11) is 1.85. The summed E-state index contributed by atoms with van der Waals surface area (Å²) in [6.45, 7) is 6.63. The molecular formula is C21H28IN7. The van der Waals surface area contributed by atoms with Crippen LogP contribution in [0.3, 0.4) is 0 Å². The fourth-order valence-electron chi connectivity index (χ4n) is 3.86. The SMILES string of the molecule is CN=C(NCCc1c[nH]c2cccc(C)c12)N1CCN(c2ncccn2)CC1.I. The molecule has 2 aromatic heterocycles. The van der Waals surface area contributed by atoms with Crippen molar-refractivity contribution in [1.82, 2.24) is 25.2 Å². The quantitative estimate of drug-likeness (QED) is 0.324. The number of piperazine rings is 1. The first-order valence-corrected chi connectivity index (χ1v) is 9.79. The van der Waals surface area contributed by atoms with Crippen molar-refractivity contribution in [2.45, 2.75) is 13.3 Å². The molecule has 1 aliphatic rings. The number of fused-ring (bicyclic) bond motifs is 1. The van der Waals surface area contributed by atoms with E-state index >= 15 is 0 Å². The third-order valence-electron chi connectivity index (χ3n) is 5.30. The van der Waals surface area contributed by atoms with Crippen molar-refractivity contribution in [3.63, 3.8) is 0 Å². The highest BCUT2D eigenvalue weighted by molar-refractivity contribution is 14.0. The monoisotopic (exact) mass is 505 g/mol. The molecular weight excluding hydrogens is 477 g/mol. The van der Waals surface area contributed by atoms with Crippen molar-refractivity contribution in [2.24, 2.45) is 4.99 Å². The smallest absolute Gasteiger partial charge is 0.225 e. The average Bonchev–Trinajstić information content (AvgIpc) is 3.16. The zero-order chi connectivity index (χ0) is 19.3. The van der Waals surface area contributed by atoms with Crippen molar-refractivity contribution >= 4 is 46.8 Å². The lowest BCUT2D eigenvalue weighted by molar-refractivity contribution is 0.370. The maximum absolute atomic E-state index is 4.48. The third-order valence-corrected chi connectivity index (χ3v) is 5.30. The van der Waals surface area contributed by atoms with Crippen molar-refractivity contribution < 1.29 is 0 Å². The van der Waals surface area contributed by atoms with Crippen molar-refractivity contribution in [3.05, 3.63) is 54.0 Å². The fraction of sp³-hybridized carbons (Fsp3) is 0.381. The van der Waals surface area contributed by atoms with E-state index in [0.717, 1.165) is 51.1 Å². The number of rotatable bonds is 4. The van der Waals surface area contributed by atoms with E-state index in [1.165, 1.54) is 22.0 Å². The lowest BCUT2D eigenvalue weighted by Crippen LogP contribution is -2.53. The molecule has 0 saturated carbocycles. The molecule has 0 bridgehead atoms. The maximum atomic E-state index is 4.48. The van der Waals surface area contributed by atoms with Crippen LogP contribution in [0.2, 0.25) is 0 Å². The number of nitrogens with zero attached hydrogens (tertiary/aromatic N) is 5. The van der Waals surface area contributed by atoms with Gasteiger partial charge in [-0.3, -0.25) is 4.99 Å². The Balaban J connectivity index is 0.00000240. The standard InChI is InChI=1S/C21H27N7.HI/c1-16-5-3-6-18-19(16)17(15-26-18)7-10-25-20(22-2)27-11-13-28(14-12-27)21-23-8-4-9-24-21;/h3-6,8-9,15,26H,7,10-14H2,1-2H3,(H,22,25);1H. The Morgan fingerprint density at radius 1 is 1.14 bits per heavy atom. The zero-order valence-corrected chi connectivity index (χ0v) is 19.3. The molecule has 1 aliphatic heterocycles. The normalized spacial score (nSPS) is 14.8. The van der Waals surface area contributed by atoms with Gasteiger partial charge in [-0.25, -0.2) is 9.97 Å². The van der Waals surface area contributed by atoms with E-state index in [1.807, 2.05) is 13.1 Å². The molecule has 1 saturated heterocycles. The minimum Gasteiger partial charge on any atom is -0.361 e. The number of aromatic amines is 1. The summed E-state index contributed by atoms with van der Waals surface area (Å²) >= 11 is 0. The minimum absolute atomic E-state index is 0. The van der Waals surface area contributed by atoms with Gasteiger partial charge in [-0.2, -0.15) is 0 Å². The second-order valence-electron chi connectivity index (χ2n) is 7.06. The Morgan fingerprint density at radius 3 is 2.62 bits per heavy atom. The number of H-pyrrole nitrogens is 1. The first-order valence-electron chi connectivity index (χ1n) is 9.79. The number of guanidine groups is 1. The van der Waals surface area contributed by atoms with Crippen LogP contribution in [0.4, 0.5) is 5.95 Å². The van der Waals surface area contributed by atoms with Gasteiger partial charge in [0, 0.05) is 69.3 Å². The summed E-state index contributed by atoms with van der Waals surface area (Å²) in [6.07, 6.45) is 6.67. The number of aryl methyl sites for hydroxylation is 1. The van der Waals surface area contributed by atoms with Crippen LogP contribution in [0.1, 0.15) is 11.1 Å². The predicted molar refractivity (Wildman–Crippen MR) is 129 cm³/mol. The Kier molecular flexibility index (Phi) is 7.29. The highest BCUT2D eigenvalue weighted by Gasteiger charge is 2.21. The number of benzene rings is 1. The number of aromatic nitrogens is 3. The zero-order valence-electron chi connectivity index (χ0n) is 16.9. The molecule has 1 fully saturated rings. The van der Waals surface area contributed by atoms with E-state index in [1.54, 1.807) is 12.4 Å². The van der Waals surface area contributed by atoms with E-state index in [9.17, 15) is 0 Å². The lowest BCUT2D eigenvalue weighted by Gasteiger charge is -2.36. The second kappa shape index (κ2) is 9.91. The molecule has 0 amide bonds. The molecule has 0 unspecified atom stereocenters. The molecule has 29 heavy (non-hydrogen) atoms. The molecule has 1 aromatic carbocycles. The molecule has 8 heteroatoms. The number of nitrogens with one attached hydrogen (secondary N) is 2. The second-order valence-corrected chi connectivity index (χ2v) is 7.06. The van der Waals surface area contributed by atoms with Crippen LogP contribution < -0.4 is 10.2 Å². The topological polar surface area (TPSA) is 72.4 Å². The largest absolute Gasteiger partial charge is 0.361 e. The highest BCUT2D eigenvalue weighted by atomic mass is 127. The highest BCUT2D eigenvalue weighted by Crippen LogP contribution is 2.22. The van der Waals surface area contributed by atoms with E-state index in [4.69, 9.17) is 0 Å². The predicted octanol–water partition coefficient (Wildman–Crippen LogP) is 2.82. The van der Waals surface area contributed by atoms with Crippen molar-refractivity contribution in [1.29, 1.82) is 0 Å². The Bertz CT molecular complexity index is 946. The van der Waals surface area contributed by atoms with Crippen LogP contribution in [-0.4, -0.2) is 65.6 Å². The fourth-order valence-corrected chi connectivity index (χ4v) is 3.86.